The Kier molecular flexibility index (Phi) is 4.61. The molecule has 4 rings (SSSR count). The minimum atomic E-state index is -0.296. The highest BCUT2D eigenvalue weighted by atomic mass is 32.1. The molecule has 2 amide bonds. The summed E-state index contributed by atoms with van der Waals surface area (Å²) >= 11 is 1.15. The van der Waals surface area contributed by atoms with Gasteiger partial charge in [-0.05, 0) is 12.8 Å². The van der Waals surface area contributed by atoms with Crippen molar-refractivity contribution in [1.82, 2.24) is 24.4 Å². The summed E-state index contributed by atoms with van der Waals surface area (Å²) in [6.45, 7) is 0.270. The molecule has 134 valence electrons. The minimum absolute atomic E-state index is 0.270. The average molecular weight is 370 g/mol. The number of nitrogens with one attached hydrogen (secondary N) is 1. The van der Waals surface area contributed by atoms with E-state index in [4.69, 9.17) is 4.52 Å². The highest BCUT2D eigenvalue weighted by Crippen LogP contribution is 2.35. The van der Waals surface area contributed by atoms with Gasteiger partial charge in [-0.25, -0.2) is 4.79 Å². The van der Waals surface area contributed by atoms with Crippen molar-refractivity contribution in [2.75, 3.05) is 12.4 Å². The Morgan fingerprint density at radius 3 is 2.85 bits per heavy atom. The topological polar surface area (TPSA) is 97.0 Å². The quantitative estimate of drug-likeness (QED) is 0.738. The third kappa shape index (κ3) is 3.57. The number of rotatable bonds is 5. The number of benzene rings is 1. The molecule has 0 unspecified atom stereocenters. The lowest BCUT2D eigenvalue weighted by molar-refractivity contribution is 0.219. The van der Waals surface area contributed by atoms with Crippen LogP contribution in [0.3, 0.4) is 0 Å². The zero-order chi connectivity index (χ0) is 17.9. The largest absolute Gasteiger partial charge is 0.339 e. The van der Waals surface area contributed by atoms with Gasteiger partial charge in [0.05, 0.1) is 6.54 Å². The summed E-state index contributed by atoms with van der Waals surface area (Å²) in [6.07, 6.45) is 3.40. The maximum absolute atomic E-state index is 12.3. The summed E-state index contributed by atoms with van der Waals surface area (Å²) in [4.78, 5) is 22.6. The molecular weight excluding hydrogens is 352 g/mol. The molecule has 2 heterocycles. The Hall–Kier alpha value is -2.81. The van der Waals surface area contributed by atoms with Crippen LogP contribution in [0.2, 0.25) is 0 Å². The minimum Gasteiger partial charge on any atom is -0.339 e. The molecule has 0 atom stereocenters. The fraction of sp³-hybridized carbons (Fsp3) is 0.353. The van der Waals surface area contributed by atoms with Crippen molar-refractivity contribution >= 4 is 22.7 Å². The number of hydrogen-bond acceptors (Lipinski definition) is 7. The number of hydrogen-bond donors (Lipinski definition) is 1. The van der Waals surface area contributed by atoms with Crippen LogP contribution in [0, 0.1) is 0 Å². The molecule has 9 heteroatoms. The van der Waals surface area contributed by atoms with Crippen LogP contribution in [-0.2, 0) is 6.54 Å². The number of carbonyl (C=O) groups is 1. The Balaban J connectivity index is 1.35. The molecule has 0 saturated heterocycles. The van der Waals surface area contributed by atoms with Crippen LogP contribution in [-0.4, -0.2) is 37.5 Å². The van der Waals surface area contributed by atoms with E-state index in [9.17, 15) is 4.79 Å². The molecule has 1 aromatic carbocycles. The zero-order valence-electron chi connectivity index (χ0n) is 14.3. The second-order valence-electron chi connectivity index (χ2n) is 6.25. The first-order chi connectivity index (χ1) is 12.7. The third-order valence-electron chi connectivity index (χ3n) is 4.34. The van der Waals surface area contributed by atoms with Gasteiger partial charge in [0, 0.05) is 30.1 Å². The van der Waals surface area contributed by atoms with Crippen molar-refractivity contribution in [3.05, 3.63) is 42.0 Å². The number of carbonyl (C=O) groups excluding carboxylic acids is 1. The Morgan fingerprint density at radius 1 is 1.31 bits per heavy atom. The van der Waals surface area contributed by atoms with Crippen molar-refractivity contribution in [2.24, 2.45) is 0 Å². The van der Waals surface area contributed by atoms with Crippen molar-refractivity contribution in [3.8, 4) is 11.4 Å². The van der Waals surface area contributed by atoms with E-state index in [0.29, 0.717) is 28.6 Å². The summed E-state index contributed by atoms with van der Waals surface area (Å²) in [5.41, 5.74) is 0.910. The molecule has 2 aromatic heterocycles. The fourth-order valence-electron chi connectivity index (χ4n) is 2.60. The summed E-state index contributed by atoms with van der Waals surface area (Å²) in [6, 6.07) is 9.33. The van der Waals surface area contributed by atoms with Gasteiger partial charge in [-0.1, -0.05) is 41.9 Å². The number of aromatic nitrogens is 4. The lowest BCUT2D eigenvalue weighted by Crippen LogP contribution is -2.31. The molecule has 1 saturated carbocycles. The molecule has 3 aromatic rings. The summed E-state index contributed by atoms with van der Waals surface area (Å²) in [5.74, 6) is 2.16. The van der Waals surface area contributed by atoms with E-state index >= 15 is 0 Å². The molecular formula is C17H18N6O2S. The van der Waals surface area contributed by atoms with Gasteiger partial charge in [-0.2, -0.15) is 14.3 Å². The zero-order valence-corrected chi connectivity index (χ0v) is 15.1. The van der Waals surface area contributed by atoms with Crippen LogP contribution in [0.25, 0.3) is 11.4 Å². The molecule has 0 bridgehead atoms. The number of amides is 2. The van der Waals surface area contributed by atoms with E-state index in [1.54, 1.807) is 7.05 Å². The normalized spacial score (nSPS) is 14.0. The van der Waals surface area contributed by atoms with Gasteiger partial charge in [-0.3, -0.25) is 5.32 Å². The number of nitrogens with zero attached hydrogens (tertiary/aromatic N) is 5. The molecule has 1 fully saturated rings. The summed E-state index contributed by atoms with van der Waals surface area (Å²) in [7, 11) is 1.67. The second-order valence-corrected chi connectivity index (χ2v) is 7.00. The van der Waals surface area contributed by atoms with Crippen LogP contribution in [0.15, 0.2) is 34.9 Å². The Bertz CT molecular complexity index is 890. The SMILES string of the molecule is CN(Cc1noc(C2CCC2)n1)C(=O)Nc1nc(-c2ccccc2)ns1. The van der Waals surface area contributed by atoms with Crippen LogP contribution in [0.4, 0.5) is 9.93 Å². The molecule has 1 aliphatic carbocycles. The lowest BCUT2D eigenvalue weighted by atomic mass is 9.85. The predicted octanol–water partition coefficient (Wildman–Crippen LogP) is 3.52. The van der Waals surface area contributed by atoms with E-state index in [1.807, 2.05) is 30.3 Å². The molecule has 26 heavy (non-hydrogen) atoms. The maximum atomic E-state index is 12.3. The van der Waals surface area contributed by atoms with Crippen molar-refractivity contribution in [2.45, 2.75) is 31.7 Å². The Labute approximate surface area is 154 Å². The van der Waals surface area contributed by atoms with Crippen LogP contribution < -0.4 is 5.32 Å². The number of anilines is 1. The van der Waals surface area contributed by atoms with Gasteiger partial charge in [0.2, 0.25) is 11.0 Å². The first kappa shape index (κ1) is 16.6. The van der Waals surface area contributed by atoms with E-state index < -0.39 is 0 Å². The number of urea groups is 1. The third-order valence-corrected chi connectivity index (χ3v) is 4.97. The highest BCUT2D eigenvalue weighted by Gasteiger charge is 2.26. The molecule has 1 aliphatic rings. The fourth-order valence-corrected chi connectivity index (χ4v) is 3.18. The van der Waals surface area contributed by atoms with Crippen LogP contribution in [0.1, 0.15) is 36.9 Å². The Morgan fingerprint density at radius 2 is 2.12 bits per heavy atom. The van der Waals surface area contributed by atoms with Gasteiger partial charge in [0.15, 0.2) is 11.6 Å². The van der Waals surface area contributed by atoms with Crippen molar-refractivity contribution in [1.29, 1.82) is 0 Å². The van der Waals surface area contributed by atoms with Gasteiger partial charge in [0.1, 0.15) is 0 Å². The van der Waals surface area contributed by atoms with E-state index in [0.717, 1.165) is 29.9 Å². The maximum Gasteiger partial charge on any atom is 0.323 e. The van der Waals surface area contributed by atoms with Gasteiger partial charge in [0.25, 0.3) is 0 Å². The average Bonchev–Trinajstić information content (AvgIpc) is 3.24. The smallest absolute Gasteiger partial charge is 0.323 e. The van der Waals surface area contributed by atoms with E-state index in [2.05, 4.69) is 24.8 Å². The molecule has 0 spiro atoms. The first-order valence-corrected chi connectivity index (χ1v) is 9.20. The first-order valence-electron chi connectivity index (χ1n) is 8.43. The molecule has 1 N–H and O–H groups in total. The lowest BCUT2D eigenvalue weighted by Gasteiger charge is -2.20. The second kappa shape index (κ2) is 7.20. The summed E-state index contributed by atoms with van der Waals surface area (Å²) in [5, 5.41) is 7.16. The van der Waals surface area contributed by atoms with Crippen molar-refractivity contribution in [3.63, 3.8) is 0 Å². The molecule has 8 nitrogen and oxygen atoms in total. The van der Waals surface area contributed by atoms with Crippen LogP contribution >= 0.6 is 11.5 Å². The van der Waals surface area contributed by atoms with Crippen LogP contribution in [0.5, 0.6) is 0 Å². The molecule has 0 radical (unpaired) electrons. The standard InChI is InChI=1S/C17H18N6O2S/c1-23(10-13-18-15(25-21-13)12-8-5-9-12)17(24)20-16-19-14(22-26-16)11-6-3-2-4-7-11/h2-4,6-7,12H,5,8-10H2,1H3,(H,19,20,22,24). The monoisotopic (exact) mass is 370 g/mol. The predicted molar refractivity (Wildman–Crippen MR) is 96.7 cm³/mol. The van der Waals surface area contributed by atoms with Gasteiger partial charge >= 0.3 is 6.03 Å². The molecule has 0 aliphatic heterocycles. The van der Waals surface area contributed by atoms with E-state index in [1.165, 1.54) is 11.3 Å². The van der Waals surface area contributed by atoms with Gasteiger partial charge < -0.3 is 9.42 Å². The summed E-state index contributed by atoms with van der Waals surface area (Å²) < 4.78 is 9.56. The van der Waals surface area contributed by atoms with Gasteiger partial charge in [-0.15, -0.1) is 0 Å². The van der Waals surface area contributed by atoms with E-state index in [-0.39, 0.29) is 12.6 Å². The van der Waals surface area contributed by atoms with Crippen molar-refractivity contribution < 1.29 is 9.32 Å². The highest BCUT2D eigenvalue weighted by molar-refractivity contribution is 7.10.